The number of hydrogen-bond acceptors (Lipinski definition) is 1. The standard InChI is InChI=1S/C14H17N/c1-6-12(7-2)14(9-4)13(8-3)11(5)10-15/h6-9,11H,1,3-4H2,2,5H3/b12-7-,14-13+. The summed E-state index contributed by atoms with van der Waals surface area (Å²) < 4.78 is 0. The number of allylic oxidation sites excluding steroid dienone is 7. The van der Waals surface area contributed by atoms with E-state index in [1.807, 2.05) is 19.9 Å². The molecule has 0 aliphatic carbocycles. The lowest BCUT2D eigenvalue weighted by atomic mass is 9.92. The van der Waals surface area contributed by atoms with Crippen LogP contribution in [0, 0.1) is 17.2 Å². The topological polar surface area (TPSA) is 23.8 Å². The molecule has 0 aliphatic heterocycles. The van der Waals surface area contributed by atoms with Crippen molar-refractivity contribution in [3.63, 3.8) is 0 Å². The molecule has 0 aromatic heterocycles. The Kier molecular flexibility index (Phi) is 5.82. The molecule has 0 bridgehead atoms. The summed E-state index contributed by atoms with van der Waals surface area (Å²) in [4.78, 5) is 0. The van der Waals surface area contributed by atoms with Crippen molar-refractivity contribution in [2.24, 2.45) is 5.92 Å². The fraction of sp³-hybridized carbons (Fsp3) is 0.214. The van der Waals surface area contributed by atoms with E-state index in [4.69, 9.17) is 5.26 Å². The van der Waals surface area contributed by atoms with E-state index in [2.05, 4.69) is 25.8 Å². The van der Waals surface area contributed by atoms with Crippen molar-refractivity contribution in [3.05, 3.63) is 60.8 Å². The van der Waals surface area contributed by atoms with Gasteiger partial charge in [-0.05, 0) is 30.6 Å². The van der Waals surface area contributed by atoms with Gasteiger partial charge in [0, 0.05) is 0 Å². The molecule has 0 heterocycles. The average Bonchev–Trinajstić information content (AvgIpc) is 2.28. The first-order chi connectivity index (χ1) is 7.15. The van der Waals surface area contributed by atoms with Crippen molar-refractivity contribution in [1.29, 1.82) is 5.26 Å². The highest BCUT2D eigenvalue weighted by Crippen LogP contribution is 2.23. The van der Waals surface area contributed by atoms with Gasteiger partial charge in [-0.2, -0.15) is 5.26 Å². The highest BCUT2D eigenvalue weighted by Gasteiger charge is 2.10. The molecule has 1 heteroatoms. The van der Waals surface area contributed by atoms with E-state index in [0.29, 0.717) is 0 Å². The van der Waals surface area contributed by atoms with Gasteiger partial charge in [-0.3, -0.25) is 0 Å². The van der Waals surface area contributed by atoms with Crippen LogP contribution in [0.2, 0.25) is 0 Å². The minimum absolute atomic E-state index is 0.189. The van der Waals surface area contributed by atoms with Crippen LogP contribution in [0.5, 0.6) is 0 Å². The first-order valence-corrected chi connectivity index (χ1v) is 4.84. The Morgan fingerprint density at radius 2 is 1.80 bits per heavy atom. The molecule has 0 amide bonds. The number of nitrogens with zero attached hydrogens (tertiary/aromatic N) is 1. The lowest BCUT2D eigenvalue weighted by Gasteiger charge is -2.11. The molecule has 1 nitrogen and oxygen atoms in total. The lowest BCUT2D eigenvalue weighted by Crippen LogP contribution is -1.98. The number of hydrogen-bond donors (Lipinski definition) is 0. The maximum absolute atomic E-state index is 8.90. The normalized spacial score (nSPS) is 14.6. The van der Waals surface area contributed by atoms with Crippen LogP contribution in [-0.4, -0.2) is 0 Å². The minimum Gasteiger partial charge on any atom is -0.198 e. The van der Waals surface area contributed by atoms with Crippen molar-refractivity contribution >= 4 is 0 Å². The zero-order valence-electron chi connectivity index (χ0n) is 9.46. The second-order valence-corrected chi connectivity index (χ2v) is 3.08. The zero-order valence-corrected chi connectivity index (χ0v) is 9.46. The molecule has 0 saturated heterocycles. The van der Waals surface area contributed by atoms with Crippen LogP contribution < -0.4 is 0 Å². The molecule has 15 heavy (non-hydrogen) atoms. The van der Waals surface area contributed by atoms with E-state index in [1.165, 1.54) is 0 Å². The first kappa shape index (κ1) is 13.2. The van der Waals surface area contributed by atoms with Gasteiger partial charge in [0.1, 0.15) is 0 Å². The van der Waals surface area contributed by atoms with Crippen LogP contribution in [0.15, 0.2) is 60.8 Å². The number of rotatable bonds is 5. The Balaban J connectivity index is 5.66. The maximum Gasteiger partial charge on any atom is 0.0701 e. The Labute approximate surface area is 92.4 Å². The van der Waals surface area contributed by atoms with E-state index in [1.54, 1.807) is 18.2 Å². The third-order valence-electron chi connectivity index (χ3n) is 2.24. The van der Waals surface area contributed by atoms with Gasteiger partial charge in [-0.1, -0.05) is 44.0 Å². The van der Waals surface area contributed by atoms with E-state index >= 15 is 0 Å². The third kappa shape index (κ3) is 3.11. The van der Waals surface area contributed by atoms with Gasteiger partial charge in [-0.25, -0.2) is 0 Å². The summed E-state index contributed by atoms with van der Waals surface area (Å²) in [5.41, 5.74) is 2.79. The van der Waals surface area contributed by atoms with Gasteiger partial charge < -0.3 is 0 Å². The van der Waals surface area contributed by atoms with E-state index in [9.17, 15) is 0 Å². The fourth-order valence-electron chi connectivity index (χ4n) is 1.38. The van der Waals surface area contributed by atoms with Crippen molar-refractivity contribution < 1.29 is 0 Å². The molecule has 0 N–H and O–H groups in total. The summed E-state index contributed by atoms with van der Waals surface area (Å²) in [6.45, 7) is 15.0. The zero-order chi connectivity index (χ0) is 11.8. The summed E-state index contributed by atoms with van der Waals surface area (Å²) in [5.74, 6) is -0.189. The number of nitriles is 1. The average molecular weight is 199 g/mol. The monoisotopic (exact) mass is 199 g/mol. The van der Waals surface area contributed by atoms with Gasteiger partial charge in [0.2, 0.25) is 0 Å². The van der Waals surface area contributed by atoms with E-state index in [-0.39, 0.29) is 5.92 Å². The quantitative estimate of drug-likeness (QED) is 0.615. The van der Waals surface area contributed by atoms with Crippen LogP contribution in [0.1, 0.15) is 13.8 Å². The highest BCUT2D eigenvalue weighted by atomic mass is 14.3. The van der Waals surface area contributed by atoms with Crippen molar-refractivity contribution in [3.8, 4) is 6.07 Å². The highest BCUT2D eigenvalue weighted by molar-refractivity contribution is 5.51. The van der Waals surface area contributed by atoms with Crippen LogP contribution in [0.3, 0.4) is 0 Å². The molecular formula is C14H17N. The second kappa shape index (κ2) is 6.62. The molecule has 0 saturated carbocycles. The summed E-state index contributed by atoms with van der Waals surface area (Å²) in [7, 11) is 0. The fourth-order valence-corrected chi connectivity index (χ4v) is 1.38. The van der Waals surface area contributed by atoms with E-state index in [0.717, 1.165) is 16.7 Å². The van der Waals surface area contributed by atoms with Gasteiger partial charge in [0.25, 0.3) is 0 Å². The molecule has 0 fully saturated rings. The van der Waals surface area contributed by atoms with Crippen LogP contribution in [0.4, 0.5) is 0 Å². The summed E-state index contributed by atoms with van der Waals surface area (Å²) in [5, 5.41) is 8.90. The predicted octanol–water partition coefficient (Wildman–Crippen LogP) is 3.95. The molecule has 0 aromatic carbocycles. The summed E-state index contributed by atoms with van der Waals surface area (Å²) in [6.07, 6.45) is 7.14. The SMILES string of the molecule is C=CC(=C/C)/C(C=C)=C(\C=C)C(C)C#N. The van der Waals surface area contributed by atoms with Crippen molar-refractivity contribution in [2.75, 3.05) is 0 Å². The Hall–Kier alpha value is -1.81. The largest absolute Gasteiger partial charge is 0.198 e. The van der Waals surface area contributed by atoms with Crippen LogP contribution >= 0.6 is 0 Å². The van der Waals surface area contributed by atoms with Crippen LogP contribution in [0.25, 0.3) is 0 Å². The van der Waals surface area contributed by atoms with Gasteiger partial charge in [0.15, 0.2) is 0 Å². The lowest BCUT2D eigenvalue weighted by molar-refractivity contribution is 0.899. The molecule has 0 aromatic rings. The van der Waals surface area contributed by atoms with Crippen molar-refractivity contribution in [1.82, 2.24) is 0 Å². The minimum atomic E-state index is -0.189. The molecule has 1 atom stereocenters. The molecule has 1 unspecified atom stereocenters. The summed E-state index contributed by atoms with van der Waals surface area (Å²) in [6, 6.07) is 2.20. The smallest absolute Gasteiger partial charge is 0.0701 e. The molecule has 78 valence electrons. The first-order valence-electron chi connectivity index (χ1n) is 4.84. The third-order valence-corrected chi connectivity index (χ3v) is 2.24. The second-order valence-electron chi connectivity index (χ2n) is 3.08. The van der Waals surface area contributed by atoms with Gasteiger partial charge in [-0.15, -0.1) is 0 Å². The molecule has 0 radical (unpaired) electrons. The Morgan fingerprint density at radius 1 is 1.20 bits per heavy atom. The van der Waals surface area contributed by atoms with E-state index < -0.39 is 0 Å². The molecular weight excluding hydrogens is 182 g/mol. The van der Waals surface area contributed by atoms with Gasteiger partial charge >= 0.3 is 0 Å². The molecule has 0 spiro atoms. The Morgan fingerprint density at radius 3 is 2.07 bits per heavy atom. The van der Waals surface area contributed by atoms with Gasteiger partial charge in [0.05, 0.1) is 12.0 Å². The summed E-state index contributed by atoms with van der Waals surface area (Å²) >= 11 is 0. The van der Waals surface area contributed by atoms with Crippen molar-refractivity contribution in [2.45, 2.75) is 13.8 Å². The predicted molar refractivity (Wildman–Crippen MR) is 66.2 cm³/mol. The molecule has 0 rings (SSSR count). The molecule has 0 aliphatic rings. The Bertz CT molecular complexity index is 361. The maximum atomic E-state index is 8.90. The van der Waals surface area contributed by atoms with Crippen LogP contribution in [-0.2, 0) is 0 Å².